The molecule has 3 rings (SSSR count). The van der Waals surface area contributed by atoms with Crippen LogP contribution in [0.4, 0.5) is 0 Å². The summed E-state index contributed by atoms with van der Waals surface area (Å²) in [6.07, 6.45) is 8.90. The highest BCUT2D eigenvalue weighted by molar-refractivity contribution is 5.94. The third kappa shape index (κ3) is 53.6. The number of aliphatic hydroxyl groups is 1. The molecule has 0 saturated carbocycles. The van der Waals surface area contributed by atoms with Gasteiger partial charge in [0.05, 0.1) is 79.3 Å². The van der Waals surface area contributed by atoms with Crippen molar-refractivity contribution in [2.24, 2.45) is 0 Å². The summed E-state index contributed by atoms with van der Waals surface area (Å²) < 4.78 is 94.8. The van der Waals surface area contributed by atoms with Gasteiger partial charge in [-0.15, -0.1) is 0 Å². The molecule has 0 bridgehead atoms. The number of hydrogen-bond donors (Lipinski definition) is 8. The van der Waals surface area contributed by atoms with Gasteiger partial charge in [-0.25, -0.2) is 4.79 Å². The van der Waals surface area contributed by atoms with Crippen LogP contribution in [0.15, 0.2) is 30.3 Å². The van der Waals surface area contributed by atoms with Gasteiger partial charge < -0.3 is 123 Å². The van der Waals surface area contributed by atoms with E-state index in [1.807, 2.05) is 6.07 Å². The van der Waals surface area contributed by atoms with E-state index >= 15 is 0 Å². The van der Waals surface area contributed by atoms with Gasteiger partial charge in [-0.1, -0.05) is 114 Å². The number of nitrogens with one attached hydrogen (secondary N) is 7. The number of ether oxygens (including phenoxy) is 17. The van der Waals surface area contributed by atoms with Crippen molar-refractivity contribution < 1.29 is 153 Å². The van der Waals surface area contributed by atoms with Gasteiger partial charge in [-0.2, -0.15) is 0 Å². The fourth-order valence-electron chi connectivity index (χ4n) is 13.1. The molecular weight excluding hydrogens is 1630 g/mol. The van der Waals surface area contributed by atoms with Gasteiger partial charge in [0.1, 0.15) is 82.1 Å². The Balaban J connectivity index is 1.64. The molecule has 2 aliphatic rings. The zero-order chi connectivity index (χ0) is 90.9. The van der Waals surface area contributed by atoms with E-state index in [4.69, 9.17) is 80.5 Å². The molecule has 1 aromatic rings. The lowest BCUT2D eigenvalue weighted by Gasteiger charge is -2.44. The molecule has 8 N–H and O–H groups in total. The molecule has 2 heterocycles. The van der Waals surface area contributed by atoms with Crippen LogP contribution in [0.1, 0.15) is 215 Å². The first-order valence-electron chi connectivity index (χ1n) is 43.4. The van der Waals surface area contributed by atoms with Crippen molar-refractivity contribution in [2.75, 3.05) is 132 Å². The Bertz CT molecular complexity index is 3250. The molecule has 0 aliphatic carbocycles. The quantitative estimate of drug-likeness (QED) is 0.0261. The predicted molar refractivity (Wildman–Crippen MR) is 442 cm³/mol. The van der Waals surface area contributed by atoms with Crippen LogP contribution < -0.4 is 37.2 Å². The molecule has 2 aliphatic heterocycles. The molecule has 39 heteroatoms. The third-order valence-corrected chi connectivity index (χ3v) is 19.1. The molecule has 0 unspecified atom stereocenters. The van der Waals surface area contributed by atoms with Crippen LogP contribution in [0.3, 0.4) is 0 Å². The van der Waals surface area contributed by atoms with Crippen molar-refractivity contribution in [1.82, 2.24) is 37.2 Å². The molecule has 1 aromatic carbocycles. The summed E-state index contributed by atoms with van der Waals surface area (Å²) >= 11 is 0. The Hall–Kier alpha value is -8.64. The first kappa shape index (κ1) is 110. The number of aliphatic hydroxyl groups excluding tert-OH is 1. The molecule has 39 nitrogen and oxygen atoms in total. The normalized spacial score (nSPS) is 18.6. The molecule has 7 amide bonds. The Morgan fingerprint density at radius 3 is 1.34 bits per heavy atom. The molecule has 12 atom stereocenters. The van der Waals surface area contributed by atoms with Gasteiger partial charge in [-0.05, 0) is 69.8 Å². The maximum Gasteiger partial charge on any atom is 0.328 e. The van der Waals surface area contributed by atoms with Crippen LogP contribution in [-0.4, -0.2) is 294 Å². The van der Waals surface area contributed by atoms with Crippen LogP contribution in [-0.2, 0) is 154 Å². The van der Waals surface area contributed by atoms with E-state index < -0.39 is 170 Å². The smallest absolute Gasteiger partial charge is 0.328 e. The molecule has 0 spiro atoms. The second-order valence-corrected chi connectivity index (χ2v) is 29.9. The van der Waals surface area contributed by atoms with Gasteiger partial charge >= 0.3 is 41.8 Å². The summed E-state index contributed by atoms with van der Waals surface area (Å²) in [6.45, 7) is 9.14. The van der Waals surface area contributed by atoms with E-state index in [9.17, 15) is 72.2 Å². The highest BCUT2D eigenvalue weighted by Gasteiger charge is 2.52. The Morgan fingerprint density at radius 2 is 0.839 bits per heavy atom. The second kappa shape index (κ2) is 68.6. The predicted octanol–water partition coefficient (Wildman–Crippen LogP) is 3.85. The number of amides is 7. The van der Waals surface area contributed by atoms with E-state index in [0.29, 0.717) is 44.2 Å². The van der Waals surface area contributed by atoms with Crippen molar-refractivity contribution in [3.63, 3.8) is 0 Å². The van der Waals surface area contributed by atoms with Gasteiger partial charge in [0, 0.05) is 80.9 Å². The SMILES string of the molecule is CCCCCCCCCCCCCCCC(=O)NCCCC[C@H](NC(=O)[C@H](CCCCNC(=O)COCCOCCOCCO[C@@H]1O[C@H](COC(C)=O)[C@H](OC(C)=O)[C@H](OC(C)=O)[C@H]1NC(C)=O)NC(=O)[C@H](CCCCNC(=O)CO)NC(=O)COCCOCCOCCO[C@H]1C[C@@H](OC(C)=O)[C@@H](OC(C)=O)[C@@H](COC(C)=O)O1)C(=O)OCc1ccccc1. The van der Waals surface area contributed by atoms with Crippen LogP contribution in [0.5, 0.6) is 0 Å². The van der Waals surface area contributed by atoms with E-state index in [-0.39, 0.29) is 157 Å². The van der Waals surface area contributed by atoms with Gasteiger partial charge in [-0.3, -0.25) is 62.3 Å². The third-order valence-electron chi connectivity index (χ3n) is 19.1. The first-order chi connectivity index (χ1) is 59.7. The molecule has 2 fully saturated rings. The van der Waals surface area contributed by atoms with Crippen molar-refractivity contribution in [2.45, 2.75) is 289 Å². The summed E-state index contributed by atoms with van der Waals surface area (Å²) in [5.41, 5.74) is 0.693. The number of carbonyl (C=O) groups excluding carboxylic acids is 14. The lowest BCUT2D eigenvalue weighted by atomic mass is 9.96. The number of rotatable bonds is 71. The Labute approximate surface area is 727 Å². The molecular formula is C85H139N7O32. The molecule has 706 valence electrons. The second-order valence-electron chi connectivity index (χ2n) is 29.9. The number of unbranched alkanes of at least 4 members (excludes halogenated alkanes) is 15. The summed E-state index contributed by atoms with van der Waals surface area (Å²) in [4.78, 5) is 178. The fourth-order valence-corrected chi connectivity index (χ4v) is 13.1. The van der Waals surface area contributed by atoms with Crippen molar-refractivity contribution in [3.05, 3.63) is 35.9 Å². The zero-order valence-electron chi connectivity index (χ0n) is 73.7. The maximum absolute atomic E-state index is 14.7. The van der Waals surface area contributed by atoms with E-state index in [2.05, 4.69) is 44.1 Å². The number of carbonyl (C=O) groups is 14. The van der Waals surface area contributed by atoms with Gasteiger partial charge in [0.25, 0.3) is 0 Å². The minimum absolute atomic E-state index is 0.00164. The lowest BCUT2D eigenvalue weighted by Crippen LogP contribution is -2.66. The Kier molecular flexibility index (Phi) is 60.6. The van der Waals surface area contributed by atoms with Crippen LogP contribution >= 0.6 is 0 Å². The number of hydrogen-bond acceptors (Lipinski definition) is 32. The lowest BCUT2D eigenvalue weighted by molar-refractivity contribution is -0.279. The largest absolute Gasteiger partial charge is 0.463 e. The van der Waals surface area contributed by atoms with Gasteiger partial charge in [0.15, 0.2) is 30.9 Å². The molecule has 0 aromatic heterocycles. The first-order valence-corrected chi connectivity index (χ1v) is 43.4. The van der Waals surface area contributed by atoms with Crippen LogP contribution in [0.2, 0.25) is 0 Å². The highest BCUT2D eigenvalue weighted by Crippen LogP contribution is 2.30. The van der Waals surface area contributed by atoms with Crippen LogP contribution in [0.25, 0.3) is 0 Å². The molecule has 124 heavy (non-hydrogen) atoms. The number of benzene rings is 1. The standard InChI is InChI=1S/C85H139N7O32/c1-9-10-11-12-13-14-15-16-17-18-19-20-24-36-73(101)86-37-30-27-35-69(84(107)118-54-66-31-22-21-23-32-66)92-83(106)68(34-26-29-39-88-75(103)57-112-46-44-108-41-43-111-49-51-115-85-78(89-59(2)94)81(122-65(8)100)80(121-64(7)99)72(124-85)56-117-61(4)96)91-82(105)67(33-25-28-38-87-74(102)53-93)90-76(104)58-113-47-45-109-40-42-110-48-50-114-77-52-70(119-62(5)97)79(120-63(6)98)71(123-77)55-116-60(3)95/h21-23,31-32,67-72,77-81,85,93H,9-20,24-30,33-58H2,1-8H3,(H,86,101)(H,87,102)(H,88,103)(H,89,94)(H,90,104)(H,91,105)(H,92,106)/t67-,68-,69-,70+,71+,72+,77+,78+,79+,80-,81+,85+/m0/s1. The Morgan fingerprint density at radius 1 is 0.411 bits per heavy atom. The number of esters is 7. The summed E-state index contributed by atoms with van der Waals surface area (Å²) in [5.74, 6) is -8.73. The fraction of sp³-hybridized carbons (Fsp3) is 0.765. The minimum atomic E-state index is -1.32. The monoisotopic (exact) mass is 1770 g/mol. The van der Waals surface area contributed by atoms with E-state index in [0.717, 1.165) is 46.5 Å². The summed E-state index contributed by atoms with van der Waals surface area (Å²) in [7, 11) is 0. The topological polar surface area (TPSA) is 500 Å². The summed E-state index contributed by atoms with van der Waals surface area (Å²) in [5, 5.41) is 28.5. The maximum atomic E-state index is 14.7. The molecule has 0 radical (unpaired) electrons. The van der Waals surface area contributed by atoms with Crippen molar-refractivity contribution in [3.8, 4) is 0 Å². The van der Waals surface area contributed by atoms with Crippen molar-refractivity contribution >= 4 is 83.1 Å². The van der Waals surface area contributed by atoms with E-state index in [1.165, 1.54) is 85.5 Å². The average molecular weight is 1770 g/mol. The zero-order valence-corrected chi connectivity index (χ0v) is 73.7. The van der Waals surface area contributed by atoms with Crippen LogP contribution in [0, 0.1) is 0 Å². The van der Waals surface area contributed by atoms with Gasteiger partial charge in [0.2, 0.25) is 41.4 Å². The summed E-state index contributed by atoms with van der Waals surface area (Å²) in [6, 6.07) is 3.98. The van der Waals surface area contributed by atoms with Crippen molar-refractivity contribution in [1.29, 1.82) is 0 Å². The highest BCUT2D eigenvalue weighted by atomic mass is 16.7. The molecule has 2 saturated heterocycles. The average Bonchev–Trinajstić information content (AvgIpc) is 0.787. The minimum Gasteiger partial charge on any atom is -0.463 e. The van der Waals surface area contributed by atoms with E-state index in [1.54, 1.807) is 24.3 Å².